The molecule has 1 fully saturated rings. The number of rotatable bonds is 2. The van der Waals surface area contributed by atoms with Crippen LogP contribution in [0.5, 0.6) is 0 Å². The Morgan fingerprint density at radius 1 is 1.57 bits per heavy atom. The molecule has 4 nitrogen and oxygen atoms in total. The Morgan fingerprint density at radius 2 is 2.21 bits per heavy atom. The minimum Gasteiger partial charge on any atom is -0.368 e. The molecule has 2 atom stereocenters. The van der Waals surface area contributed by atoms with E-state index in [1.165, 1.54) is 4.90 Å². The highest BCUT2D eigenvalue weighted by Gasteiger charge is 2.38. The second kappa shape index (κ2) is 4.34. The topological polar surface area (TPSA) is 63.4 Å². The van der Waals surface area contributed by atoms with E-state index in [-0.39, 0.29) is 17.8 Å². The summed E-state index contributed by atoms with van der Waals surface area (Å²) in [5.41, 5.74) is 5.15. The highest BCUT2D eigenvalue weighted by molar-refractivity contribution is 6.27. The molecule has 0 spiro atoms. The van der Waals surface area contributed by atoms with Gasteiger partial charge in [-0.3, -0.25) is 9.59 Å². The molecule has 0 radical (unpaired) electrons. The van der Waals surface area contributed by atoms with Crippen molar-refractivity contribution in [1.82, 2.24) is 4.90 Å². The van der Waals surface area contributed by atoms with Crippen molar-refractivity contribution in [3.8, 4) is 12.3 Å². The average molecular weight is 215 g/mol. The lowest BCUT2D eigenvalue weighted by molar-refractivity contribution is -0.136. The summed E-state index contributed by atoms with van der Waals surface area (Å²) in [5, 5.41) is 0. The summed E-state index contributed by atoms with van der Waals surface area (Å²) in [4.78, 5) is 23.7. The molecule has 2 unspecified atom stereocenters. The third-order valence-electron chi connectivity index (χ3n) is 2.31. The first kappa shape index (κ1) is 10.9. The van der Waals surface area contributed by atoms with Crippen LogP contribution in [0.15, 0.2) is 0 Å². The van der Waals surface area contributed by atoms with Crippen molar-refractivity contribution in [2.45, 2.75) is 24.9 Å². The maximum atomic E-state index is 11.4. The smallest absolute Gasteiger partial charge is 0.240 e. The van der Waals surface area contributed by atoms with Gasteiger partial charge in [0, 0.05) is 0 Å². The monoisotopic (exact) mass is 214 g/mol. The largest absolute Gasteiger partial charge is 0.368 e. The Balaban J connectivity index is 2.87. The van der Waals surface area contributed by atoms with E-state index in [1.807, 2.05) is 0 Å². The number of hydrogen-bond acceptors (Lipinski definition) is 2. The molecule has 1 saturated heterocycles. The Kier molecular flexibility index (Phi) is 3.37. The molecule has 0 aromatic rings. The maximum absolute atomic E-state index is 11.4. The Morgan fingerprint density at radius 3 is 2.64 bits per heavy atom. The number of carbonyl (C=O) groups excluding carboxylic acids is 2. The van der Waals surface area contributed by atoms with Gasteiger partial charge in [-0.1, -0.05) is 5.92 Å². The molecule has 0 saturated carbocycles. The summed E-state index contributed by atoms with van der Waals surface area (Å²) in [5.74, 6) is 1.41. The highest BCUT2D eigenvalue weighted by atomic mass is 35.5. The molecule has 0 bridgehead atoms. The molecule has 14 heavy (non-hydrogen) atoms. The first-order valence-electron chi connectivity index (χ1n) is 4.24. The van der Waals surface area contributed by atoms with Crippen molar-refractivity contribution in [2.24, 2.45) is 5.73 Å². The van der Waals surface area contributed by atoms with Crippen LogP contribution in [0.4, 0.5) is 0 Å². The van der Waals surface area contributed by atoms with Crippen LogP contribution < -0.4 is 5.73 Å². The standard InChI is InChI=1S/C9H11ClN2O2/c1-2-6-3-4-7(9(11)14)12(6)8(13)5-10/h1,6-7H,3-5H2,(H2,11,14). The predicted molar refractivity (Wildman–Crippen MR) is 52.4 cm³/mol. The summed E-state index contributed by atoms with van der Waals surface area (Å²) in [6.07, 6.45) is 6.36. The van der Waals surface area contributed by atoms with Crippen LogP contribution in [-0.2, 0) is 9.59 Å². The van der Waals surface area contributed by atoms with Crippen molar-refractivity contribution < 1.29 is 9.59 Å². The van der Waals surface area contributed by atoms with Crippen molar-refractivity contribution in [3.05, 3.63) is 0 Å². The number of primary amides is 1. The Labute approximate surface area is 87.4 Å². The molecule has 2 amide bonds. The molecule has 1 aliphatic heterocycles. The van der Waals surface area contributed by atoms with E-state index in [9.17, 15) is 9.59 Å². The van der Waals surface area contributed by atoms with Gasteiger partial charge in [0.2, 0.25) is 11.8 Å². The zero-order valence-electron chi connectivity index (χ0n) is 7.57. The lowest BCUT2D eigenvalue weighted by Crippen LogP contribution is -2.47. The van der Waals surface area contributed by atoms with Gasteiger partial charge in [-0.25, -0.2) is 0 Å². The number of nitrogens with zero attached hydrogens (tertiary/aromatic N) is 1. The minimum absolute atomic E-state index is 0.179. The zero-order valence-corrected chi connectivity index (χ0v) is 8.33. The molecular formula is C9H11ClN2O2. The number of carbonyl (C=O) groups is 2. The number of halogens is 1. The molecular weight excluding hydrogens is 204 g/mol. The van der Waals surface area contributed by atoms with Gasteiger partial charge >= 0.3 is 0 Å². The highest BCUT2D eigenvalue weighted by Crippen LogP contribution is 2.23. The SMILES string of the molecule is C#CC1CCC(C(N)=O)N1C(=O)CCl. The summed E-state index contributed by atoms with van der Waals surface area (Å²) in [6, 6.07) is -0.943. The number of nitrogens with two attached hydrogens (primary N) is 1. The second-order valence-electron chi connectivity index (χ2n) is 3.11. The Bertz CT molecular complexity index is 298. The van der Waals surface area contributed by atoms with Gasteiger partial charge in [0.25, 0.3) is 0 Å². The minimum atomic E-state index is -0.595. The first-order chi connectivity index (χ1) is 6.61. The third kappa shape index (κ3) is 1.83. The van der Waals surface area contributed by atoms with E-state index in [4.69, 9.17) is 23.8 Å². The van der Waals surface area contributed by atoms with E-state index in [0.29, 0.717) is 12.8 Å². The number of terminal acetylenes is 1. The van der Waals surface area contributed by atoms with Crippen LogP contribution >= 0.6 is 11.6 Å². The molecule has 0 aromatic heterocycles. The lowest BCUT2D eigenvalue weighted by Gasteiger charge is -2.24. The molecule has 5 heteroatoms. The van der Waals surface area contributed by atoms with E-state index in [1.54, 1.807) is 0 Å². The van der Waals surface area contributed by atoms with Crippen LogP contribution in [-0.4, -0.2) is 34.7 Å². The van der Waals surface area contributed by atoms with Crippen LogP contribution in [0.1, 0.15) is 12.8 Å². The number of alkyl halides is 1. The van der Waals surface area contributed by atoms with Gasteiger partial charge in [-0.2, -0.15) is 0 Å². The van der Waals surface area contributed by atoms with Crippen molar-refractivity contribution >= 4 is 23.4 Å². The van der Waals surface area contributed by atoms with Crippen molar-refractivity contribution in [3.63, 3.8) is 0 Å². The van der Waals surface area contributed by atoms with Gasteiger partial charge < -0.3 is 10.6 Å². The van der Waals surface area contributed by atoms with E-state index >= 15 is 0 Å². The molecule has 2 N–H and O–H groups in total. The van der Waals surface area contributed by atoms with Gasteiger partial charge in [-0.15, -0.1) is 18.0 Å². The number of amides is 2. The summed E-state index contributed by atoms with van der Waals surface area (Å²) < 4.78 is 0. The Hall–Kier alpha value is -1.21. The molecule has 1 heterocycles. The van der Waals surface area contributed by atoms with Crippen LogP contribution in [0.25, 0.3) is 0 Å². The van der Waals surface area contributed by atoms with Crippen molar-refractivity contribution in [2.75, 3.05) is 5.88 Å². The first-order valence-corrected chi connectivity index (χ1v) is 4.77. The fourth-order valence-electron chi connectivity index (χ4n) is 1.67. The van der Waals surface area contributed by atoms with Crippen LogP contribution in [0, 0.1) is 12.3 Å². The van der Waals surface area contributed by atoms with Gasteiger partial charge in [0.15, 0.2) is 0 Å². The molecule has 0 aliphatic carbocycles. The summed E-state index contributed by atoms with van der Waals surface area (Å²) in [7, 11) is 0. The third-order valence-corrected chi connectivity index (χ3v) is 2.54. The van der Waals surface area contributed by atoms with Gasteiger partial charge in [0.05, 0.1) is 6.04 Å². The second-order valence-corrected chi connectivity index (χ2v) is 3.38. The fraction of sp³-hybridized carbons (Fsp3) is 0.556. The number of hydrogen-bond donors (Lipinski definition) is 1. The van der Waals surface area contributed by atoms with E-state index < -0.39 is 11.9 Å². The fourth-order valence-corrected chi connectivity index (χ4v) is 1.81. The quantitative estimate of drug-likeness (QED) is 0.507. The van der Waals surface area contributed by atoms with Crippen molar-refractivity contribution in [1.29, 1.82) is 0 Å². The molecule has 0 aromatic carbocycles. The predicted octanol–water partition coefficient (Wildman–Crippen LogP) is -0.297. The molecule has 1 aliphatic rings. The van der Waals surface area contributed by atoms with E-state index in [2.05, 4.69) is 5.92 Å². The van der Waals surface area contributed by atoms with Gasteiger partial charge in [0.1, 0.15) is 11.9 Å². The maximum Gasteiger partial charge on any atom is 0.240 e. The zero-order chi connectivity index (χ0) is 10.7. The van der Waals surface area contributed by atoms with E-state index in [0.717, 1.165) is 0 Å². The molecule has 76 valence electrons. The van der Waals surface area contributed by atoms with Gasteiger partial charge in [-0.05, 0) is 12.8 Å². The van der Waals surface area contributed by atoms with Crippen LogP contribution in [0.3, 0.4) is 0 Å². The lowest BCUT2D eigenvalue weighted by atomic mass is 10.2. The number of likely N-dealkylation sites (tertiary alicyclic amines) is 1. The summed E-state index contributed by atoms with van der Waals surface area (Å²) >= 11 is 5.41. The normalized spacial score (nSPS) is 25.9. The van der Waals surface area contributed by atoms with Crippen LogP contribution in [0.2, 0.25) is 0 Å². The average Bonchev–Trinajstić information content (AvgIpc) is 2.59. The summed E-state index contributed by atoms with van der Waals surface area (Å²) in [6.45, 7) is 0. The molecule has 1 rings (SSSR count).